The van der Waals surface area contributed by atoms with Crippen LogP contribution in [0.25, 0.3) is 0 Å². The lowest BCUT2D eigenvalue weighted by atomic mass is 10.3. The third-order valence-electron chi connectivity index (χ3n) is 2.20. The summed E-state index contributed by atoms with van der Waals surface area (Å²) in [4.78, 5) is 14.8. The van der Waals surface area contributed by atoms with E-state index in [2.05, 4.69) is 16.4 Å². The van der Waals surface area contributed by atoms with Crippen molar-refractivity contribution in [3.8, 4) is 0 Å². The molecular weight excluding hydrogens is 178 g/mol. The molecule has 0 unspecified atom stereocenters. The van der Waals surface area contributed by atoms with Crippen LogP contribution in [0.4, 0.5) is 5.82 Å². The van der Waals surface area contributed by atoms with E-state index >= 15 is 0 Å². The number of pyridine rings is 1. The molecule has 1 aromatic heterocycles. The molecule has 1 saturated carbocycles. The molecule has 0 atom stereocenters. The van der Waals surface area contributed by atoms with E-state index in [4.69, 9.17) is 5.73 Å². The fourth-order valence-corrected chi connectivity index (χ4v) is 1.19. The number of rotatable bonds is 4. The van der Waals surface area contributed by atoms with Crippen LogP contribution in [0.3, 0.4) is 0 Å². The Balaban J connectivity index is 2.01. The van der Waals surface area contributed by atoms with Gasteiger partial charge < -0.3 is 11.1 Å². The molecule has 1 aliphatic carbocycles. The number of carbonyl (C=O) groups is 1. The topological polar surface area (TPSA) is 68.0 Å². The zero-order chi connectivity index (χ0) is 9.97. The number of nitrogens with one attached hydrogen (secondary N) is 1. The number of carbonyl (C=O) groups excluding carboxylic acids is 1. The molecule has 3 N–H and O–H groups in total. The molecule has 0 aliphatic heterocycles. The van der Waals surface area contributed by atoms with Crippen LogP contribution in [-0.2, 0) is 0 Å². The van der Waals surface area contributed by atoms with Gasteiger partial charge in [-0.2, -0.15) is 0 Å². The van der Waals surface area contributed by atoms with Gasteiger partial charge in [-0.3, -0.25) is 4.79 Å². The molecule has 1 radical (unpaired) electrons. The average Bonchev–Trinajstić information content (AvgIpc) is 2.99. The Bertz CT molecular complexity index is 347. The predicted molar refractivity (Wildman–Crippen MR) is 52.8 cm³/mol. The number of hydrogen-bond donors (Lipinski definition) is 2. The summed E-state index contributed by atoms with van der Waals surface area (Å²) in [6.45, 7) is 0.926. The maximum Gasteiger partial charge on any atom is 0.268 e. The standard InChI is InChI=1S/C10H12N3O/c11-10(14)8-2-1-3-9(13-8)12-6-7-4-5-7/h1,3,7H,4-6H2,(H2,11,14)(H,12,13). The Labute approximate surface area is 82.5 Å². The highest BCUT2D eigenvalue weighted by Crippen LogP contribution is 2.28. The second-order valence-corrected chi connectivity index (χ2v) is 3.51. The highest BCUT2D eigenvalue weighted by atomic mass is 16.1. The number of anilines is 1. The molecule has 1 heterocycles. The van der Waals surface area contributed by atoms with Gasteiger partial charge in [0.25, 0.3) is 5.91 Å². The number of aromatic nitrogens is 1. The molecule has 4 heteroatoms. The van der Waals surface area contributed by atoms with Crippen LogP contribution in [0.5, 0.6) is 0 Å². The molecule has 2 rings (SSSR count). The molecule has 1 amide bonds. The lowest BCUT2D eigenvalue weighted by Crippen LogP contribution is -2.14. The van der Waals surface area contributed by atoms with Crippen LogP contribution in [0.1, 0.15) is 23.3 Å². The quantitative estimate of drug-likeness (QED) is 0.738. The van der Waals surface area contributed by atoms with Crippen LogP contribution in [0.15, 0.2) is 12.1 Å². The molecule has 73 valence electrons. The first-order chi connectivity index (χ1) is 6.75. The maximum absolute atomic E-state index is 10.8. The van der Waals surface area contributed by atoms with Crippen molar-refractivity contribution in [1.82, 2.24) is 4.98 Å². The van der Waals surface area contributed by atoms with E-state index in [9.17, 15) is 4.79 Å². The molecule has 1 aromatic rings. The van der Waals surface area contributed by atoms with E-state index in [1.165, 1.54) is 12.8 Å². The monoisotopic (exact) mass is 190 g/mol. The Morgan fingerprint density at radius 1 is 1.71 bits per heavy atom. The van der Waals surface area contributed by atoms with E-state index in [1.54, 1.807) is 12.1 Å². The maximum atomic E-state index is 10.8. The zero-order valence-corrected chi connectivity index (χ0v) is 7.79. The molecule has 14 heavy (non-hydrogen) atoms. The van der Waals surface area contributed by atoms with Crippen molar-refractivity contribution in [2.24, 2.45) is 11.7 Å². The molecule has 0 spiro atoms. The fourth-order valence-electron chi connectivity index (χ4n) is 1.19. The Kier molecular flexibility index (Phi) is 2.35. The Morgan fingerprint density at radius 3 is 3.14 bits per heavy atom. The van der Waals surface area contributed by atoms with E-state index in [0.717, 1.165) is 12.5 Å². The van der Waals surface area contributed by atoms with Crippen molar-refractivity contribution >= 4 is 11.7 Å². The Hall–Kier alpha value is -1.58. The summed E-state index contributed by atoms with van der Waals surface area (Å²) < 4.78 is 0. The minimum absolute atomic E-state index is 0.186. The van der Waals surface area contributed by atoms with Gasteiger partial charge in [0, 0.05) is 12.6 Å². The highest BCUT2D eigenvalue weighted by molar-refractivity contribution is 5.90. The van der Waals surface area contributed by atoms with Crippen molar-refractivity contribution in [2.75, 3.05) is 11.9 Å². The third kappa shape index (κ3) is 2.22. The second kappa shape index (κ2) is 3.65. The summed E-state index contributed by atoms with van der Waals surface area (Å²) in [7, 11) is 0. The first-order valence-corrected chi connectivity index (χ1v) is 4.68. The summed E-state index contributed by atoms with van der Waals surface area (Å²) in [5.41, 5.74) is 5.28. The normalized spacial score (nSPS) is 15.1. The van der Waals surface area contributed by atoms with Crippen LogP contribution in [0, 0.1) is 12.0 Å². The van der Waals surface area contributed by atoms with E-state index in [1.807, 2.05) is 0 Å². The van der Waals surface area contributed by atoms with E-state index in [-0.39, 0.29) is 5.69 Å². The first-order valence-electron chi connectivity index (χ1n) is 4.68. The van der Waals surface area contributed by atoms with Crippen molar-refractivity contribution in [3.63, 3.8) is 0 Å². The van der Waals surface area contributed by atoms with Crippen LogP contribution in [0.2, 0.25) is 0 Å². The van der Waals surface area contributed by atoms with Gasteiger partial charge in [-0.1, -0.05) is 0 Å². The van der Waals surface area contributed by atoms with Gasteiger partial charge in [0.2, 0.25) is 0 Å². The molecule has 1 fully saturated rings. The Morgan fingerprint density at radius 2 is 2.50 bits per heavy atom. The summed E-state index contributed by atoms with van der Waals surface area (Å²) in [5, 5.41) is 3.16. The minimum atomic E-state index is -0.542. The first kappa shape index (κ1) is 8.99. The molecule has 4 nitrogen and oxygen atoms in total. The van der Waals surface area contributed by atoms with Gasteiger partial charge in [-0.15, -0.1) is 0 Å². The number of nitrogens with zero attached hydrogens (tertiary/aromatic N) is 1. The smallest absolute Gasteiger partial charge is 0.268 e. The minimum Gasteiger partial charge on any atom is -0.370 e. The van der Waals surface area contributed by atoms with Crippen LogP contribution < -0.4 is 11.1 Å². The molecular formula is C10H12N3O. The third-order valence-corrected chi connectivity index (χ3v) is 2.20. The lowest BCUT2D eigenvalue weighted by Gasteiger charge is -2.04. The van der Waals surface area contributed by atoms with Gasteiger partial charge in [0.05, 0.1) is 0 Å². The molecule has 1 aliphatic rings. The van der Waals surface area contributed by atoms with Crippen molar-refractivity contribution in [1.29, 1.82) is 0 Å². The second-order valence-electron chi connectivity index (χ2n) is 3.51. The van der Waals surface area contributed by atoms with Crippen molar-refractivity contribution < 1.29 is 4.79 Å². The van der Waals surface area contributed by atoms with Gasteiger partial charge in [-0.05, 0) is 30.9 Å². The molecule has 0 aromatic carbocycles. The summed E-state index contributed by atoms with van der Waals surface area (Å²) in [6.07, 6.45) is 2.57. The lowest BCUT2D eigenvalue weighted by molar-refractivity contribution is 0.0995. The van der Waals surface area contributed by atoms with Crippen LogP contribution in [-0.4, -0.2) is 17.4 Å². The molecule has 0 saturated heterocycles. The predicted octanol–water partition coefficient (Wildman–Crippen LogP) is 0.803. The summed E-state index contributed by atoms with van der Waals surface area (Å²) in [6, 6.07) is 6.13. The van der Waals surface area contributed by atoms with Gasteiger partial charge in [0.1, 0.15) is 11.5 Å². The number of hydrogen-bond acceptors (Lipinski definition) is 3. The summed E-state index contributed by atoms with van der Waals surface area (Å²) >= 11 is 0. The van der Waals surface area contributed by atoms with Gasteiger partial charge in [-0.25, -0.2) is 4.98 Å². The van der Waals surface area contributed by atoms with E-state index in [0.29, 0.717) is 5.82 Å². The fraction of sp³-hybridized carbons (Fsp3) is 0.400. The summed E-state index contributed by atoms with van der Waals surface area (Å²) in [5.74, 6) is 0.933. The average molecular weight is 190 g/mol. The zero-order valence-electron chi connectivity index (χ0n) is 7.79. The highest BCUT2D eigenvalue weighted by Gasteiger charge is 2.20. The number of nitrogens with two attached hydrogens (primary N) is 1. The van der Waals surface area contributed by atoms with Crippen molar-refractivity contribution in [3.05, 3.63) is 23.9 Å². The van der Waals surface area contributed by atoms with Crippen LogP contribution >= 0.6 is 0 Å². The SMILES string of the molecule is NC(=O)c1[c]ccc(NCC2CC2)n1. The number of amides is 1. The van der Waals surface area contributed by atoms with Gasteiger partial charge >= 0.3 is 0 Å². The van der Waals surface area contributed by atoms with Crippen molar-refractivity contribution in [2.45, 2.75) is 12.8 Å². The van der Waals surface area contributed by atoms with E-state index < -0.39 is 5.91 Å². The molecule has 0 bridgehead atoms. The number of primary amides is 1. The van der Waals surface area contributed by atoms with Gasteiger partial charge in [0.15, 0.2) is 0 Å². The largest absolute Gasteiger partial charge is 0.370 e.